The lowest BCUT2D eigenvalue weighted by Crippen LogP contribution is -2.10. The molecule has 0 bridgehead atoms. The quantitative estimate of drug-likeness (QED) is 0.554. The third-order valence-electron chi connectivity index (χ3n) is 3.48. The topological polar surface area (TPSA) is 80.3 Å². The lowest BCUT2D eigenvalue weighted by molar-refractivity contribution is 0.0526. The third-order valence-corrected chi connectivity index (χ3v) is 3.48. The Morgan fingerprint density at radius 2 is 1.38 bits per heavy atom. The Kier molecular flexibility index (Phi) is 6.43. The molecule has 0 unspecified atom stereocenters. The molecular formula is C19H20O7. The molecule has 0 aliphatic rings. The van der Waals surface area contributed by atoms with Crippen LogP contribution in [0.4, 0.5) is 0 Å². The monoisotopic (exact) mass is 360 g/mol. The van der Waals surface area contributed by atoms with Crippen LogP contribution in [-0.4, -0.2) is 39.9 Å². The fourth-order valence-corrected chi connectivity index (χ4v) is 2.24. The molecule has 0 aliphatic heterocycles. The predicted octanol–water partition coefficient (Wildman–Crippen LogP) is 3.11. The number of benzene rings is 2. The molecule has 2 aromatic carbocycles. The van der Waals surface area contributed by atoms with Crippen molar-refractivity contribution in [1.29, 1.82) is 0 Å². The fourth-order valence-electron chi connectivity index (χ4n) is 2.24. The summed E-state index contributed by atoms with van der Waals surface area (Å²) in [5.41, 5.74) is 0.605. The highest BCUT2D eigenvalue weighted by Crippen LogP contribution is 2.38. The van der Waals surface area contributed by atoms with Crippen molar-refractivity contribution in [2.75, 3.05) is 27.9 Å². The first-order chi connectivity index (χ1) is 12.5. The van der Waals surface area contributed by atoms with E-state index in [2.05, 4.69) is 0 Å². The summed E-state index contributed by atoms with van der Waals surface area (Å²) in [4.78, 5) is 24.0. The van der Waals surface area contributed by atoms with Crippen LogP contribution in [0.25, 0.3) is 0 Å². The van der Waals surface area contributed by atoms with Crippen LogP contribution >= 0.6 is 0 Å². The van der Waals surface area contributed by atoms with Crippen LogP contribution < -0.4 is 18.9 Å². The third kappa shape index (κ3) is 4.24. The van der Waals surface area contributed by atoms with Gasteiger partial charge in [-0.2, -0.15) is 0 Å². The van der Waals surface area contributed by atoms with E-state index in [4.69, 9.17) is 23.7 Å². The van der Waals surface area contributed by atoms with Gasteiger partial charge in [-0.25, -0.2) is 9.59 Å². The molecule has 0 atom stereocenters. The molecule has 7 heteroatoms. The lowest BCUT2D eigenvalue weighted by atomic mass is 10.1. The second-order valence-corrected chi connectivity index (χ2v) is 5.05. The molecule has 26 heavy (non-hydrogen) atoms. The smallest absolute Gasteiger partial charge is 0.343 e. The summed E-state index contributed by atoms with van der Waals surface area (Å²) in [6, 6.07) is 9.07. The minimum Gasteiger partial charge on any atom is -0.493 e. The second-order valence-electron chi connectivity index (χ2n) is 5.05. The molecule has 0 aliphatic carbocycles. The molecule has 0 saturated heterocycles. The van der Waals surface area contributed by atoms with Crippen molar-refractivity contribution in [3.05, 3.63) is 47.5 Å². The van der Waals surface area contributed by atoms with E-state index in [1.807, 2.05) is 0 Å². The van der Waals surface area contributed by atoms with Gasteiger partial charge in [0.25, 0.3) is 0 Å². The molecular weight excluding hydrogens is 340 g/mol. The van der Waals surface area contributed by atoms with E-state index in [-0.39, 0.29) is 17.9 Å². The zero-order chi connectivity index (χ0) is 19.1. The molecule has 0 saturated carbocycles. The van der Waals surface area contributed by atoms with Crippen molar-refractivity contribution >= 4 is 11.9 Å². The highest BCUT2D eigenvalue weighted by molar-refractivity contribution is 5.93. The summed E-state index contributed by atoms with van der Waals surface area (Å²) in [6.07, 6.45) is 0. The van der Waals surface area contributed by atoms with Crippen LogP contribution in [-0.2, 0) is 4.74 Å². The molecule has 2 rings (SSSR count). The number of methoxy groups -OCH3 is 3. The highest BCUT2D eigenvalue weighted by Gasteiger charge is 2.18. The summed E-state index contributed by atoms with van der Waals surface area (Å²) in [5, 5.41) is 0. The highest BCUT2D eigenvalue weighted by atomic mass is 16.5. The largest absolute Gasteiger partial charge is 0.493 e. The van der Waals surface area contributed by atoms with Crippen molar-refractivity contribution in [3.8, 4) is 23.0 Å². The van der Waals surface area contributed by atoms with Gasteiger partial charge in [0.05, 0.1) is 39.1 Å². The Balaban J connectivity index is 2.20. The van der Waals surface area contributed by atoms with Gasteiger partial charge in [-0.15, -0.1) is 0 Å². The number of ether oxygens (including phenoxy) is 5. The van der Waals surface area contributed by atoms with Crippen LogP contribution in [0, 0.1) is 0 Å². The maximum absolute atomic E-state index is 12.4. The summed E-state index contributed by atoms with van der Waals surface area (Å²) >= 11 is 0. The summed E-state index contributed by atoms with van der Waals surface area (Å²) in [7, 11) is 4.39. The van der Waals surface area contributed by atoms with Crippen LogP contribution in [0.1, 0.15) is 27.6 Å². The van der Waals surface area contributed by atoms with Gasteiger partial charge in [0.15, 0.2) is 11.5 Å². The van der Waals surface area contributed by atoms with Gasteiger partial charge in [0.1, 0.15) is 5.75 Å². The van der Waals surface area contributed by atoms with Crippen molar-refractivity contribution in [2.45, 2.75) is 6.92 Å². The fraction of sp³-hybridized carbons (Fsp3) is 0.263. The standard InChI is InChI=1S/C19H20O7/c1-5-25-18(20)12-6-8-14(9-7-12)26-19(21)13-10-15(22-2)17(24-4)16(11-13)23-3/h6-11H,5H2,1-4H3. The molecule has 0 heterocycles. The van der Waals surface area contributed by atoms with Crippen molar-refractivity contribution in [2.24, 2.45) is 0 Å². The van der Waals surface area contributed by atoms with Crippen LogP contribution in [0.5, 0.6) is 23.0 Å². The van der Waals surface area contributed by atoms with Gasteiger partial charge in [-0.05, 0) is 43.3 Å². The SMILES string of the molecule is CCOC(=O)c1ccc(OC(=O)c2cc(OC)c(OC)c(OC)c2)cc1. The molecule has 138 valence electrons. The Morgan fingerprint density at radius 3 is 1.85 bits per heavy atom. The Hall–Kier alpha value is -3.22. The van der Waals surface area contributed by atoms with Gasteiger partial charge in [0.2, 0.25) is 5.75 Å². The zero-order valence-corrected chi connectivity index (χ0v) is 15.0. The number of esters is 2. The van der Waals surface area contributed by atoms with E-state index < -0.39 is 11.9 Å². The summed E-state index contributed by atoms with van der Waals surface area (Å²) in [5.74, 6) is 0.318. The molecule has 0 fully saturated rings. The maximum Gasteiger partial charge on any atom is 0.343 e. The Bertz CT molecular complexity index is 756. The minimum absolute atomic E-state index is 0.231. The molecule has 0 N–H and O–H groups in total. The molecule has 7 nitrogen and oxygen atoms in total. The number of rotatable bonds is 7. The first-order valence-corrected chi connectivity index (χ1v) is 7.83. The van der Waals surface area contributed by atoms with E-state index in [1.54, 1.807) is 6.92 Å². The van der Waals surface area contributed by atoms with Gasteiger partial charge in [0, 0.05) is 0 Å². The van der Waals surface area contributed by atoms with Gasteiger partial charge < -0.3 is 23.7 Å². The lowest BCUT2D eigenvalue weighted by Gasteiger charge is -2.13. The van der Waals surface area contributed by atoms with Crippen molar-refractivity contribution < 1.29 is 33.3 Å². The number of hydrogen-bond donors (Lipinski definition) is 0. The summed E-state index contributed by atoms with van der Waals surface area (Å²) in [6.45, 7) is 2.02. The first kappa shape index (κ1) is 19.1. The molecule has 2 aromatic rings. The first-order valence-electron chi connectivity index (χ1n) is 7.83. The zero-order valence-electron chi connectivity index (χ0n) is 15.0. The van der Waals surface area contributed by atoms with E-state index >= 15 is 0 Å². The summed E-state index contributed by atoms with van der Waals surface area (Å²) < 4.78 is 25.9. The molecule has 0 radical (unpaired) electrons. The number of carbonyl (C=O) groups excluding carboxylic acids is 2. The number of carbonyl (C=O) groups is 2. The van der Waals surface area contributed by atoms with Crippen LogP contribution in [0.3, 0.4) is 0 Å². The van der Waals surface area contributed by atoms with Gasteiger partial charge in [-0.1, -0.05) is 0 Å². The van der Waals surface area contributed by atoms with Crippen molar-refractivity contribution in [1.82, 2.24) is 0 Å². The number of hydrogen-bond acceptors (Lipinski definition) is 7. The van der Waals surface area contributed by atoms with E-state index in [0.29, 0.717) is 22.8 Å². The van der Waals surface area contributed by atoms with Gasteiger partial charge in [-0.3, -0.25) is 0 Å². The normalized spacial score (nSPS) is 10.0. The molecule has 0 spiro atoms. The second kappa shape index (κ2) is 8.75. The molecule has 0 amide bonds. The van der Waals surface area contributed by atoms with E-state index in [0.717, 1.165) is 0 Å². The molecule has 0 aromatic heterocycles. The van der Waals surface area contributed by atoms with E-state index in [9.17, 15) is 9.59 Å². The van der Waals surface area contributed by atoms with Gasteiger partial charge >= 0.3 is 11.9 Å². The Labute approximate surface area is 151 Å². The average Bonchev–Trinajstić information content (AvgIpc) is 2.67. The van der Waals surface area contributed by atoms with Crippen molar-refractivity contribution in [3.63, 3.8) is 0 Å². The average molecular weight is 360 g/mol. The van der Waals surface area contributed by atoms with E-state index in [1.165, 1.54) is 57.7 Å². The maximum atomic E-state index is 12.4. The van der Waals surface area contributed by atoms with Crippen LogP contribution in [0.15, 0.2) is 36.4 Å². The van der Waals surface area contributed by atoms with Crippen LogP contribution in [0.2, 0.25) is 0 Å². The Morgan fingerprint density at radius 1 is 0.808 bits per heavy atom. The minimum atomic E-state index is -0.604. The predicted molar refractivity (Wildman–Crippen MR) is 93.5 cm³/mol.